The van der Waals surface area contributed by atoms with Crippen molar-refractivity contribution >= 4 is 11.8 Å². The van der Waals surface area contributed by atoms with Gasteiger partial charge in [-0.3, -0.25) is 15.0 Å². The van der Waals surface area contributed by atoms with E-state index in [0.717, 1.165) is 0 Å². The van der Waals surface area contributed by atoms with Crippen molar-refractivity contribution in [1.82, 2.24) is 10.7 Å². The first-order chi connectivity index (χ1) is 8.56. The maximum absolute atomic E-state index is 11.7. The van der Waals surface area contributed by atoms with E-state index < -0.39 is 17.9 Å². The number of rotatable bonds is 5. The third-order valence-corrected chi connectivity index (χ3v) is 2.58. The van der Waals surface area contributed by atoms with Crippen LogP contribution in [0.1, 0.15) is 17.3 Å². The lowest BCUT2D eigenvalue weighted by molar-refractivity contribution is -0.127. The maximum atomic E-state index is 11.7. The molecular weight excluding hydrogens is 234 g/mol. The zero-order chi connectivity index (χ0) is 13.5. The van der Waals surface area contributed by atoms with Crippen LogP contribution in [0.5, 0.6) is 0 Å². The molecule has 6 heteroatoms. The summed E-state index contributed by atoms with van der Waals surface area (Å²) in [4.78, 5) is 23.1. The van der Waals surface area contributed by atoms with Gasteiger partial charge in [0, 0.05) is 12.1 Å². The number of hydrogen-bond acceptors (Lipinski definition) is 4. The Bertz CT molecular complexity index is 406. The van der Waals surface area contributed by atoms with E-state index in [1.165, 1.54) is 6.92 Å². The molecule has 18 heavy (non-hydrogen) atoms. The number of nitrogens with one attached hydrogen (secondary N) is 2. The van der Waals surface area contributed by atoms with Crippen molar-refractivity contribution in [3.05, 3.63) is 35.9 Å². The lowest BCUT2D eigenvalue weighted by atomic mass is 10.0. The summed E-state index contributed by atoms with van der Waals surface area (Å²) in [5.74, 6) is 3.41. The van der Waals surface area contributed by atoms with Gasteiger partial charge in [0.05, 0.1) is 12.0 Å². The quantitative estimate of drug-likeness (QED) is 0.319. The summed E-state index contributed by atoms with van der Waals surface area (Å²) in [6, 6.07) is 8.62. The fraction of sp³-hybridized carbons (Fsp3) is 0.333. The van der Waals surface area contributed by atoms with E-state index in [1.807, 2.05) is 5.43 Å². The van der Waals surface area contributed by atoms with Gasteiger partial charge < -0.3 is 10.4 Å². The van der Waals surface area contributed by atoms with E-state index in [-0.39, 0.29) is 12.5 Å². The van der Waals surface area contributed by atoms with Gasteiger partial charge >= 0.3 is 0 Å². The number of hydrogen-bond donors (Lipinski definition) is 4. The van der Waals surface area contributed by atoms with Crippen LogP contribution in [0.4, 0.5) is 0 Å². The fourth-order valence-corrected chi connectivity index (χ4v) is 1.48. The molecule has 0 saturated heterocycles. The first-order valence-corrected chi connectivity index (χ1v) is 5.58. The average Bonchev–Trinajstić information content (AvgIpc) is 2.39. The topological polar surface area (TPSA) is 104 Å². The number of hydrazine groups is 1. The first kappa shape index (κ1) is 14.1. The number of carbonyl (C=O) groups excluding carboxylic acids is 2. The van der Waals surface area contributed by atoms with Gasteiger partial charge in [-0.25, -0.2) is 5.84 Å². The van der Waals surface area contributed by atoms with Crippen molar-refractivity contribution in [2.75, 3.05) is 6.54 Å². The molecule has 0 aliphatic carbocycles. The van der Waals surface area contributed by atoms with Crippen LogP contribution >= 0.6 is 0 Å². The second kappa shape index (κ2) is 6.73. The van der Waals surface area contributed by atoms with Crippen LogP contribution in [0.2, 0.25) is 0 Å². The van der Waals surface area contributed by atoms with Gasteiger partial charge in [0.25, 0.3) is 5.91 Å². The van der Waals surface area contributed by atoms with Crippen molar-refractivity contribution in [2.24, 2.45) is 11.8 Å². The summed E-state index contributed by atoms with van der Waals surface area (Å²) >= 11 is 0. The van der Waals surface area contributed by atoms with Gasteiger partial charge in [-0.2, -0.15) is 0 Å². The molecule has 0 spiro atoms. The molecule has 1 aromatic rings. The molecule has 6 nitrogen and oxygen atoms in total. The van der Waals surface area contributed by atoms with E-state index in [0.29, 0.717) is 5.56 Å². The van der Waals surface area contributed by atoms with Crippen LogP contribution in [-0.4, -0.2) is 29.6 Å². The Morgan fingerprint density at radius 2 is 1.94 bits per heavy atom. The van der Waals surface area contributed by atoms with Crippen LogP contribution in [0.15, 0.2) is 30.3 Å². The Hall–Kier alpha value is -1.92. The highest BCUT2D eigenvalue weighted by Gasteiger charge is 2.23. The monoisotopic (exact) mass is 251 g/mol. The molecule has 0 radical (unpaired) electrons. The maximum Gasteiger partial charge on any atom is 0.251 e. The summed E-state index contributed by atoms with van der Waals surface area (Å²) < 4.78 is 0. The normalized spacial score (nSPS) is 13.5. The molecule has 5 N–H and O–H groups in total. The highest BCUT2D eigenvalue weighted by molar-refractivity contribution is 5.94. The second-order valence-corrected chi connectivity index (χ2v) is 3.93. The Labute approximate surface area is 105 Å². The second-order valence-electron chi connectivity index (χ2n) is 3.93. The molecule has 0 aliphatic heterocycles. The van der Waals surface area contributed by atoms with E-state index >= 15 is 0 Å². The Kier molecular flexibility index (Phi) is 5.29. The third kappa shape index (κ3) is 3.83. The Balaban J connectivity index is 2.58. The molecule has 0 bridgehead atoms. The van der Waals surface area contributed by atoms with Gasteiger partial charge in [0.1, 0.15) is 0 Å². The number of amides is 2. The van der Waals surface area contributed by atoms with Crippen LogP contribution in [0.3, 0.4) is 0 Å². The standard InChI is InChI=1S/C12H17N3O3/c1-8(16)10(12(18)15-13)7-14-11(17)9-5-3-2-4-6-9/h2-6,8,10,16H,7,13H2,1H3,(H,14,17)(H,15,18)/t8-,10+/m1/s1. The van der Waals surface area contributed by atoms with Gasteiger partial charge in [-0.05, 0) is 19.1 Å². The molecule has 1 aromatic carbocycles. The molecule has 0 fully saturated rings. The zero-order valence-electron chi connectivity index (χ0n) is 10.1. The lowest BCUT2D eigenvalue weighted by Gasteiger charge is -2.18. The number of carbonyl (C=O) groups is 2. The lowest BCUT2D eigenvalue weighted by Crippen LogP contribution is -2.46. The molecular formula is C12H17N3O3. The predicted molar refractivity (Wildman–Crippen MR) is 66.3 cm³/mol. The summed E-state index contributed by atoms with van der Waals surface area (Å²) in [6.45, 7) is 1.49. The molecule has 1 rings (SSSR count). The number of nitrogens with two attached hydrogens (primary N) is 1. The molecule has 0 saturated carbocycles. The molecule has 2 atom stereocenters. The molecule has 98 valence electrons. The van der Waals surface area contributed by atoms with Crippen LogP contribution in [0.25, 0.3) is 0 Å². The van der Waals surface area contributed by atoms with E-state index in [1.54, 1.807) is 30.3 Å². The van der Waals surface area contributed by atoms with Crippen LogP contribution < -0.4 is 16.6 Å². The minimum atomic E-state index is -0.898. The number of aliphatic hydroxyl groups is 1. The van der Waals surface area contributed by atoms with Gasteiger partial charge in [0.15, 0.2) is 0 Å². The van der Waals surface area contributed by atoms with Crippen molar-refractivity contribution < 1.29 is 14.7 Å². The van der Waals surface area contributed by atoms with Crippen LogP contribution in [0, 0.1) is 5.92 Å². The number of aliphatic hydroxyl groups excluding tert-OH is 1. The smallest absolute Gasteiger partial charge is 0.251 e. The largest absolute Gasteiger partial charge is 0.393 e. The highest BCUT2D eigenvalue weighted by Crippen LogP contribution is 2.03. The Morgan fingerprint density at radius 3 is 2.44 bits per heavy atom. The molecule has 0 heterocycles. The van der Waals surface area contributed by atoms with Gasteiger partial charge in [-0.15, -0.1) is 0 Å². The highest BCUT2D eigenvalue weighted by atomic mass is 16.3. The summed E-state index contributed by atoms with van der Waals surface area (Å²) in [7, 11) is 0. The van der Waals surface area contributed by atoms with Gasteiger partial charge in [-0.1, -0.05) is 18.2 Å². The Morgan fingerprint density at radius 1 is 1.33 bits per heavy atom. The molecule has 0 aromatic heterocycles. The predicted octanol–water partition coefficient (Wildman–Crippen LogP) is -0.597. The van der Waals surface area contributed by atoms with Crippen molar-refractivity contribution in [1.29, 1.82) is 0 Å². The fourth-order valence-electron chi connectivity index (χ4n) is 1.48. The summed E-state index contributed by atoms with van der Waals surface area (Å²) in [5.41, 5.74) is 2.46. The van der Waals surface area contributed by atoms with Crippen LogP contribution in [-0.2, 0) is 4.79 Å². The van der Waals surface area contributed by atoms with Gasteiger partial charge in [0.2, 0.25) is 5.91 Å². The molecule has 0 unspecified atom stereocenters. The molecule has 2 amide bonds. The SMILES string of the molecule is C[C@@H](O)[C@H](CNC(=O)c1ccccc1)C(=O)NN. The zero-order valence-corrected chi connectivity index (χ0v) is 10.1. The van der Waals surface area contributed by atoms with Crippen molar-refractivity contribution in [2.45, 2.75) is 13.0 Å². The van der Waals surface area contributed by atoms with E-state index in [9.17, 15) is 14.7 Å². The first-order valence-electron chi connectivity index (χ1n) is 5.58. The molecule has 0 aliphatic rings. The van der Waals surface area contributed by atoms with Crippen molar-refractivity contribution in [3.8, 4) is 0 Å². The summed E-state index contributed by atoms with van der Waals surface area (Å²) in [6.07, 6.45) is -0.898. The van der Waals surface area contributed by atoms with E-state index in [2.05, 4.69) is 5.32 Å². The summed E-state index contributed by atoms with van der Waals surface area (Å²) in [5, 5.41) is 12.0. The van der Waals surface area contributed by atoms with E-state index in [4.69, 9.17) is 5.84 Å². The minimum absolute atomic E-state index is 0.0222. The minimum Gasteiger partial charge on any atom is -0.393 e. The van der Waals surface area contributed by atoms with Crippen molar-refractivity contribution in [3.63, 3.8) is 0 Å². The number of benzene rings is 1. The average molecular weight is 251 g/mol. The third-order valence-electron chi connectivity index (χ3n) is 2.58.